The molecule has 0 aliphatic carbocycles. The summed E-state index contributed by atoms with van der Waals surface area (Å²) in [6.45, 7) is 4.29. The molecule has 8 nitrogen and oxygen atoms in total. The molecule has 1 fully saturated rings. The van der Waals surface area contributed by atoms with Crippen LogP contribution >= 0.6 is 11.8 Å². The van der Waals surface area contributed by atoms with Crippen LogP contribution in [0.1, 0.15) is 29.9 Å². The fourth-order valence-corrected chi connectivity index (χ4v) is 5.02. The molecule has 0 saturated carbocycles. The van der Waals surface area contributed by atoms with E-state index in [1.54, 1.807) is 11.8 Å². The van der Waals surface area contributed by atoms with Gasteiger partial charge in [0.1, 0.15) is 19.0 Å². The largest absolute Gasteiger partial charge is 0.486 e. The molecular formula is C24H29N5O3S. The number of nitrogens with zero attached hydrogens (tertiary/aromatic N) is 5. The summed E-state index contributed by atoms with van der Waals surface area (Å²) in [5, 5.41) is 9.99. The van der Waals surface area contributed by atoms with Crippen LogP contribution in [0.5, 0.6) is 11.5 Å². The molecule has 174 valence electrons. The molecule has 1 aromatic carbocycles. The van der Waals surface area contributed by atoms with Gasteiger partial charge in [0, 0.05) is 25.1 Å². The van der Waals surface area contributed by atoms with Gasteiger partial charge in [0.05, 0.1) is 24.9 Å². The Hall–Kier alpha value is -2.62. The first-order valence-electron chi connectivity index (χ1n) is 11.4. The molecule has 2 aliphatic rings. The van der Waals surface area contributed by atoms with Crippen LogP contribution in [0.4, 0.5) is 0 Å². The first kappa shape index (κ1) is 22.2. The number of fused-ring (bicyclic) bond motifs is 1. The number of hydrogen-bond acceptors (Lipinski definition) is 8. The Morgan fingerprint density at radius 3 is 2.79 bits per heavy atom. The van der Waals surface area contributed by atoms with Gasteiger partial charge >= 0.3 is 0 Å². The van der Waals surface area contributed by atoms with E-state index < -0.39 is 0 Å². The second-order valence-electron chi connectivity index (χ2n) is 8.40. The molecule has 5 rings (SSSR count). The standard InChI is InChI=1S/C24H29N5O3S/c1-28(14-18-7-8-21-22(13-18)32-12-11-31-21)16-23-26-27-24(29(23)15-20-6-4-10-30-20)33-17-19-5-2-3-9-25-19/h2-3,5,7-9,13,20H,4,6,10-12,14-17H2,1H3/t20-/m0/s1. The number of aromatic nitrogens is 4. The zero-order valence-electron chi connectivity index (χ0n) is 18.9. The summed E-state index contributed by atoms with van der Waals surface area (Å²) in [4.78, 5) is 6.67. The van der Waals surface area contributed by atoms with E-state index in [9.17, 15) is 0 Å². The van der Waals surface area contributed by atoms with Gasteiger partial charge in [-0.25, -0.2) is 0 Å². The Morgan fingerprint density at radius 1 is 1.06 bits per heavy atom. The summed E-state index contributed by atoms with van der Waals surface area (Å²) in [6.07, 6.45) is 4.24. The van der Waals surface area contributed by atoms with Gasteiger partial charge in [-0.1, -0.05) is 23.9 Å². The van der Waals surface area contributed by atoms with Gasteiger partial charge < -0.3 is 18.8 Å². The molecule has 33 heavy (non-hydrogen) atoms. The topological polar surface area (TPSA) is 74.5 Å². The van der Waals surface area contributed by atoms with Gasteiger partial charge in [-0.15, -0.1) is 10.2 Å². The maximum Gasteiger partial charge on any atom is 0.191 e. The lowest BCUT2D eigenvalue weighted by Crippen LogP contribution is -2.23. The van der Waals surface area contributed by atoms with Crippen molar-refractivity contribution in [3.05, 3.63) is 59.7 Å². The maximum atomic E-state index is 5.92. The quantitative estimate of drug-likeness (QED) is 0.443. The minimum absolute atomic E-state index is 0.219. The lowest BCUT2D eigenvalue weighted by molar-refractivity contribution is 0.0934. The number of ether oxygens (including phenoxy) is 3. The van der Waals surface area contributed by atoms with Crippen LogP contribution in [0.25, 0.3) is 0 Å². The van der Waals surface area contributed by atoms with Crippen molar-refractivity contribution in [3.8, 4) is 11.5 Å². The molecule has 0 bridgehead atoms. The minimum Gasteiger partial charge on any atom is -0.486 e. The summed E-state index contributed by atoms with van der Waals surface area (Å²) in [5.41, 5.74) is 2.21. The highest BCUT2D eigenvalue weighted by molar-refractivity contribution is 7.98. The number of benzene rings is 1. The Morgan fingerprint density at radius 2 is 1.97 bits per heavy atom. The lowest BCUT2D eigenvalue weighted by atomic mass is 10.2. The molecular weight excluding hydrogens is 438 g/mol. The SMILES string of the molecule is CN(Cc1ccc2c(c1)OCCO2)Cc1nnc(SCc2ccccn2)n1C[C@@H]1CCCO1. The van der Waals surface area contributed by atoms with Crippen LogP contribution in [0.2, 0.25) is 0 Å². The summed E-state index contributed by atoms with van der Waals surface area (Å²) in [5.74, 6) is 3.35. The Labute approximate surface area is 198 Å². The lowest BCUT2D eigenvalue weighted by Gasteiger charge is -2.21. The monoisotopic (exact) mass is 467 g/mol. The second-order valence-corrected chi connectivity index (χ2v) is 9.35. The zero-order valence-corrected chi connectivity index (χ0v) is 19.7. The molecule has 0 N–H and O–H groups in total. The third-order valence-electron chi connectivity index (χ3n) is 5.75. The Kier molecular flexibility index (Phi) is 7.09. The highest BCUT2D eigenvalue weighted by Crippen LogP contribution is 2.31. The predicted octanol–water partition coefficient (Wildman–Crippen LogP) is 3.55. The minimum atomic E-state index is 0.219. The average Bonchev–Trinajstić information content (AvgIpc) is 3.49. The highest BCUT2D eigenvalue weighted by atomic mass is 32.2. The average molecular weight is 468 g/mol. The van der Waals surface area contributed by atoms with Crippen molar-refractivity contribution in [3.63, 3.8) is 0 Å². The summed E-state index contributed by atoms with van der Waals surface area (Å²) >= 11 is 1.67. The van der Waals surface area contributed by atoms with E-state index in [4.69, 9.17) is 14.2 Å². The molecule has 9 heteroatoms. The van der Waals surface area contributed by atoms with E-state index >= 15 is 0 Å². The fraction of sp³-hybridized carbons (Fsp3) is 0.458. The molecule has 2 aromatic heterocycles. The van der Waals surface area contributed by atoms with Crippen molar-refractivity contribution in [2.75, 3.05) is 26.9 Å². The van der Waals surface area contributed by atoms with E-state index in [0.717, 1.165) is 66.5 Å². The van der Waals surface area contributed by atoms with Crippen molar-refractivity contribution in [2.24, 2.45) is 0 Å². The van der Waals surface area contributed by atoms with E-state index in [2.05, 4.69) is 43.8 Å². The molecule has 0 spiro atoms. The molecule has 0 radical (unpaired) electrons. The zero-order chi connectivity index (χ0) is 22.5. The summed E-state index contributed by atoms with van der Waals surface area (Å²) in [6, 6.07) is 12.1. The van der Waals surface area contributed by atoms with E-state index in [1.165, 1.54) is 5.56 Å². The molecule has 0 unspecified atom stereocenters. The van der Waals surface area contributed by atoms with Crippen LogP contribution in [0.3, 0.4) is 0 Å². The third-order valence-corrected chi connectivity index (χ3v) is 6.75. The molecule has 0 amide bonds. The number of hydrogen-bond donors (Lipinski definition) is 0. The Balaban J connectivity index is 1.28. The Bertz CT molecular complexity index is 1060. The van der Waals surface area contributed by atoms with Crippen molar-refractivity contribution < 1.29 is 14.2 Å². The normalized spacial score (nSPS) is 17.6. The summed E-state index contributed by atoms with van der Waals surface area (Å²) in [7, 11) is 2.10. The van der Waals surface area contributed by atoms with Crippen LogP contribution in [0.15, 0.2) is 47.8 Å². The summed E-state index contributed by atoms with van der Waals surface area (Å²) < 4.78 is 19.5. The number of thioether (sulfide) groups is 1. The first-order chi connectivity index (χ1) is 16.2. The number of rotatable bonds is 9. The van der Waals surface area contributed by atoms with E-state index in [0.29, 0.717) is 19.8 Å². The molecule has 2 aliphatic heterocycles. The van der Waals surface area contributed by atoms with Gasteiger partial charge in [0.15, 0.2) is 16.7 Å². The van der Waals surface area contributed by atoms with Crippen molar-refractivity contribution in [1.82, 2.24) is 24.6 Å². The first-order valence-corrected chi connectivity index (χ1v) is 12.4. The van der Waals surface area contributed by atoms with Crippen LogP contribution in [0, 0.1) is 0 Å². The fourth-order valence-electron chi connectivity index (χ4n) is 4.14. The third kappa shape index (κ3) is 5.66. The second kappa shape index (κ2) is 10.5. The van der Waals surface area contributed by atoms with Crippen LogP contribution in [-0.2, 0) is 30.1 Å². The van der Waals surface area contributed by atoms with Crippen molar-refractivity contribution in [1.29, 1.82) is 0 Å². The van der Waals surface area contributed by atoms with Gasteiger partial charge in [0.25, 0.3) is 0 Å². The molecule has 4 heterocycles. The number of pyridine rings is 1. The van der Waals surface area contributed by atoms with Crippen molar-refractivity contribution >= 4 is 11.8 Å². The van der Waals surface area contributed by atoms with Crippen molar-refractivity contribution in [2.45, 2.75) is 49.5 Å². The van der Waals surface area contributed by atoms with E-state index in [-0.39, 0.29) is 6.10 Å². The van der Waals surface area contributed by atoms with E-state index in [1.807, 2.05) is 30.5 Å². The van der Waals surface area contributed by atoms with Gasteiger partial charge in [-0.3, -0.25) is 9.88 Å². The molecule has 1 saturated heterocycles. The van der Waals surface area contributed by atoms with Gasteiger partial charge in [0.2, 0.25) is 0 Å². The maximum absolute atomic E-state index is 5.92. The smallest absolute Gasteiger partial charge is 0.191 e. The van der Waals surface area contributed by atoms with Crippen LogP contribution < -0.4 is 9.47 Å². The molecule has 3 aromatic rings. The highest BCUT2D eigenvalue weighted by Gasteiger charge is 2.22. The predicted molar refractivity (Wildman–Crippen MR) is 125 cm³/mol. The van der Waals surface area contributed by atoms with Crippen LogP contribution in [-0.4, -0.2) is 57.6 Å². The van der Waals surface area contributed by atoms with Gasteiger partial charge in [-0.2, -0.15) is 0 Å². The van der Waals surface area contributed by atoms with Gasteiger partial charge in [-0.05, 0) is 49.7 Å². The molecule has 1 atom stereocenters.